The lowest BCUT2D eigenvalue weighted by Gasteiger charge is -2.13. The van der Waals surface area contributed by atoms with E-state index < -0.39 is 5.97 Å². The van der Waals surface area contributed by atoms with Gasteiger partial charge in [-0.25, -0.2) is 4.79 Å². The summed E-state index contributed by atoms with van der Waals surface area (Å²) in [4.78, 5) is 24.3. The molecule has 124 valence electrons. The lowest BCUT2D eigenvalue weighted by molar-refractivity contribution is -0.124. The average Bonchev–Trinajstić information content (AvgIpc) is 3.13. The second-order valence-corrected chi connectivity index (χ2v) is 6.04. The first-order valence-electron chi connectivity index (χ1n) is 8.35. The summed E-state index contributed by atoms with van der Waals surface area (Å²) in [6.45, 7) is -0.238. The predicted molar refractivity (Wildman–Crippen MR) is 92.6 cm³/mol. The molecule has 1 fully saturated rings. The number of ether oxygens (including phenoxy) is 1. The lowest BCUT2D eigenvalue weighted by atomic mass is 10.00. The van der Waals surface area contributed by atoms with Crippen molar-refractivity contribution in [3.8, 4) is 11.1 Å². The molecule has 2 aromatic carbocycles. The fourth-order valence-electron chi connectivity index (χ4n) is 3.08. The third-order valence-electron chi connectivity index (χ3n) is 4.29. The van der Waals surface area contributed by atoms with Crippen LogP contribution in [0.3, 0.4) is 0 Å². The molecule has 0 atom stereocenters. The molecular formula is C20H21NO3. The van der Waals surface area contributed by atoms with E-state index in [4.69, 9.17) is 4.74 Å². The van der Waals surface area contributed by atoms with E-state index in [1.54, 1.807) is 12.1 Å². The average molecular weight is 323 g/mol. The Morgan fingerprint density at radius 2 is 1.62 bits per heavy atom. The summed E-state index contributed by atoms with van der Waals surface area (Å²) in [6.07, 6.45) is 4.32. The van der Waals surface area contributed by atoms with Crippen molar-refractivity contribution in [3.63, 3.8) is 0 Å². The van der Waals surface area contributed by atoms with E-state index in [2.05, 4.69) is 5.32 Å². The fraction of sp³-hybridized carbons (Fsp3) is 0.300. The minimum atomic E-state index is -0.476. The van der Waals surface area contributed by atoms with Crippen LogP contribution in [-0.2, 0) is 9.53 Å². The van der Waals surface area contributed by atoms with Crippen molar-refractivity contribution >= 4 is 11.9 Å². The maximum Gasteiger partial charge on any atom is 0.339 e. The zero-order valence-corrected chi connectivity index (χ0v) is 13.5. The topological polar surface area (TPSA) is 55.4 Å². The van der Waals surface area contributed by atoms with Crippen molar-refractivity contribution in [2.75, 3.05) is 6.61 Å². The summed E-state index contributed by atoms with van der Waals surface area (Å²) < 4.78 is 5.21. The van der Waals surface area contributed by atoms with Gasteiger partial charge >= 0.3 is 5.97 Å². The molecule has 0 heterocycles. The van der Waals surface area contributed by atoms with Crippen molar-refractivity contribution in [1.29, 1.82) is 0 Å². The molecule has 0 bridgehead atoms. The summed E-state index contributed by atoms with van der Waals surface area (Å²) in [5.74, 6) is -0.705. The first kappa shape index (κ1) is 16.2. The fourth-order valence-corrected chi connectivity index (χ4v) is 3.08. The molecule has 4 nitrogen and oxygen atoms in total. The van der Waals surface area contributed by atoms with Crippen molar-refractivity contribution in [2.45, 2.75) is 31.7 Å². The summed E-state index contributed by atoms with van der Waals surface area (Å²) in [6, 6.07) is 17.2. The molecular weight excluding hydrogens is 302 g/mol. The van der Waals surface area contributed by atoms with Crippen LogP contribution in [0.4, 0.5) is 0 Å². The van der Waals surface area contributed by atoms with Gasteiger partial charge in [-0.05, 0) is 30.0 Å². The third-order valence-corrected chi connectivity index (χ3v) is 4.29. The smallest absolute Gasteiger partial charge is 0.339 e. The minimum absolute atomic E-state index is 0.229. The van der Waals surface area contributed by atoms with Gasteiger partial charge in [-0.15, -0.1) is 0 Å². The number of amides is 1. The van der Waals surface area contributed by atoms with Crippen LogP contribution in [0.1, 0.15) is 36.0 Å². The molecule has 24 heavy (non-hydrogen) atoms. The Balaban J connectivity index is 1.64. The van der Waals surface area contributed by atoms with E-state index >= 15 is 0 Å². The highest BCUT2D eigenvalue weighted by molar-refractivity contribution is 5.98. The molecule has 4 heteroatoms. The molecule has 0 aliphatic heterocycles. The van der Waals surface area contributed by atoms with Crippen molar-refractivity contribution in [3.05, 3.63) is 60.2 Å². The van der Waals surface area contributed by atoms with E-state index in [0.717, 1.165) is 36.8 Å². The van der Waals surface area contributed by atoms with Gasteiger partial charge in [-0.3, -0.25) is 4.79 Å². The molecule has 0 radical (unpaired) electrons. The minimum Gasteiger partial charge on any atom is -0.452 e. The third kappa shape index (κ3) is 4.02. The number of carbonyl (C=O) groups excluding carboxylic acids is 2. The van der Waals surface area contributed by atoms with E-state index in [-0.39, 0.29) is 18.6 Å². The Labute approximate surface area is 141 Å². The highest BCUT2D eigenvalue weighted by Crippen LogP contribution is 2.24. The van der Waals surface area contributed by atoms with E-state index in [1.807, 2.05) is 42.5 Å². The molecule has 0 unspecified atom stereocenters. The molecule has 0 spiro atoms. The number of hydrogen-bond donors (Lipinski definition) is 1. The van der Waals surface area contributed by atoms with E-state index in [1.165, 1.54) is 0 Å². The van der Waals surface area contributed by atoms with Crippen molar-refractivity contribution in [1.82, 2.24) is 5.32 Å². The predicted octanol–water partition coefficient (Wildman–Crippen LogP) is 3.57. The quantitative estimate of drug-likeness (QED) is 0.856. The van der Waals surface area contributed by atoms with E-state index in [9.17, 15) is 9.59 Å². The Kier molecular flexibility index (Phi) is 5.26. The molecule has 1 aliphatic carbocycles. The Morgan fingerprint density at radius 3 is 2.38 bits per heavy atom. The van der Waals surface area contributed by atoms with Crippen molar-refractivity contribution in [2.24, 2.45) is 0 Å². The van der Waals surface area contributed by atoms with Crippen LogP contribution >= 0.6 is 0 Å². The van der Waals surface area contributed by atoms with Crippen LogP contribution < -0.4 is 5.32 Å². The zero-order chi connectivity index (χ0) is 16.8. The molecule has 1 saturated carbocycles. The van der Waals surface area contributed by atoms with Crippen LogP contribution in [0.25, 0.3) is 11.1 Å². The maximum atomic E-state index is 12.4. The standard InChI is InChI=1S/C20H21NO3/c22-19(21-16-10-4-5-11-16)14-24-20(23)18-13-7-6-12-17(18)15-8-2-1-3-9-15/h1-3,6-9,12-13,16H,4-5,10-11,14H2,(H,21,22). The maximum absolute atomic E-state index is 12.4. The highest BCUT2D eigenvalue weighted by Gasteiger charge is 2.19. The zero-order valence-electron chi connectivity index (χ0n) is 13.5. The molecule has 3 rings (SSSR count). The Morgan fingerprint density at radius 1 is 0.958 bits per heavy atom. The van der Waals surface area contributed by atoms with Gasteiger partial charge in [0.1, 0.15) is 0 Å². The summed E-state index contributed by atoms with van der Waals surface area (Å²) in [5, 5.41) is 2.92. The SMILES string of the molecule is O=C(COC(=O)c1ccccc1-c1ccccc1)NC1CCCC1. The highest BCUT2D eigenvalue weighted by atomic mass is 16.5. The number of rotatable bonds is 5. The molecule has 1 amide bonds. The second kappa shape index (κ2) is 7.77. The Bertz CT molecular complexity index is 706. The van der Waals surface area contributed by atoms with Gasteiger partial charge in [0.25, 0.3) is 5.91 Å². The van der Waals surface area contributed by atoms with Crippen LogP contribution in [0, 0.1) is 0 Å². The number of hydrogen-bond acceptors (Lipinski definition) is 3. The van der Waals surface area contributed by atoms with Crippen LogP contribution in [0.15, 0.2) is 54.6 Å². The summed E-state index contributed by atoms with van der Waals surface area (Å²) >= 11 is 0. The molecule has 1 aliphatic rings. The lowest BCUT2D eigenvalue weighted by Crippen LogP contribution is -2.35. The second-order valence-electron chi connectivity index (χ2n) is 6.04. The molecule has 0 saturated heterocycles. The van der Waals surface area contributed by atoms with Gasteiger partial charge in [0, 0.05) is 6.04 Å². The van der Waals surface area contributed by atoms with Gasteiger partial charge in [0.2, 0.25) is 0 Å². The number of esters is 1. The Hall–Kier alpha value is -2.62. The monoisotopic (exact) mass is 323 g/mol. The van der Waals surface area contributed by atoms with Crippen molar-refractivity contribution < 1.29 is 14.3 Å². The van der Waals surface area contributed by atoms with Gasteiger partial charge < -0.3 is 10.1 Å². The molecule has 2 aromatic rings. The first-order valence-corrected chi connectivity index (χ1v) is 8.35. The number of carbonyl (C=O) groups is 2. The number of benzene rings is 2. The van der Waals surface area contributed by atoms with Gasteiger partial charge in [0.15, 0.2) is 6.61 Å². The largest absolute Gasteiger partial charge is 0.452 e. The van der Waals surface area contributed by atoms with E-state index in [0.29, 0.717) is 5.56 Å². The van der Waals surface area contributed by atoms with Crippen LogP contribution in [-0.4, -0.2) is 24.5 Å². The number of nitrogens with one attached hydrogen (secondary N) is 1. The molecule has 0 aromatic heterocycles. The van der Waals surface area contributed by atoms with Gasteiger partial charge in [-0.2, -0.15) is 0 Å². The van der Waals surface area contributed by atoms with Crippen LogP contribution in [0.2, 0.25) is 0 Å². The normalized spacial score (nSPS) is 14.3. The van der Waals surface area contributed by atoms with Gasteiger partial charge in [-0.1, -0.05) is 61.4 Å². The summed E-state index contributed by atoms with van der Waals surface area (Å²) in [5.41, 5.74) is 2.22. The van der Waals surface area contributed by atoms with Crippen LogP contribution in [0.5, 0.6) is 0 Å². The first-order chi connectivity index (χ1) is 11.7. The molecule has 1 N–H and O–H groups in total. The van der Waals surface area contributed by atoms with Gasteiger partial charge in [0.05, 0.1) is 5.56 Å². The summed E-state index contributed by atoms with van der Waals surface area (Å²) in [7, 11) is 0.